The number of nitrogen functional groups attached to an aromatic ring is 1. The van der Waals surface area contributed by atoms with Gasteiger partial charge in [-0.2, -0.15) is 0 Å². The summed E-state index contributed by atoms with van der Waals surface area (Å²) in [6.45, 7) is 0. The van der Waals surface area contributed by atoms with Crippen molar-refractivity contribution in [3.05, 3.63) is 53.9 Å². The van der Waals surface area contributed by atoms with Crippen LogP contribution in [0.2, 0.25) is 0 Å². The van der Waals surface area contributed by atoms with Crippen molar-refractivity contribution in [2.45, 2.75) is 12.8 Å². The minimum atomic E-state index is 0.634. The average Bonchev–Trinajstić information content (AvgIpc) is 2.77. The second kappa shape index (κ2) is 4.74. The first-order valence-corrected chi connectivity index (χ1v) is 6.67. The highest BCUT2D eigenvalue weighted by molar-refractivity contribution is 7.22. The van der Waals surface area contributed by atoms with Gasteiger partial charge < -0.3 is 5.73 Å². The first-order chi connectivity index (χ1) is 8.81. The van der Waals surface area contributed by atoms with Gasteiger partial charge >= 0.3 is 0 Å². The molecule has 0 saturated heterocycles. The summed E-state index contributed by atoms with van der Waals surface area (Å²) in [5.41, 5.74) is 9.27. The van der Waals surface area contributed by atoms with Crippen LogP contribution in [0.3, 0.4) is 0 Å². The molecule has 0 aliphatic carbocycles. The first kappa shape index (κ1) is 11.2. The number of hydrogen-bond donors (Lipinski definition) is 1. The SMILES string of the molecule is Nc1nc2ccc(CCc3cccnc3)cc2s1. The van der Waals surface area contributed by atoms with Crippen LogP contribution in [0.5, 0.6) is 0 Å². The maximum atomic E-state index is 5.70. The smallest absolute Gasteiger partial charge is 0.181 e. The van der Waals surface area contributed by atoms with Crippen LogP contribution in [0.15, 0.2) is 42.7 Å². The van der Waals surface area contributed by atoms with E-state index < -0.39 is 0 Å². The van der Waals surface area contributed by atoms with Gasteiger partial charge in [-0.1, -0.05) is 23.5 Å². The van der Waals surface area contributed by atoms with Gasteiger partial charge in [-0.3, -0.25) is 4.98 Å². The molecule has 0 unspecified atom stereocenters. The number of pyridine rings is 1. The van der Waals surface area contributed by atoms with Crippen molar-refractivity contribution >= 4 is 26.7 Å². The Balaban J connectivity index is 1.78. The van der Waals surface area contributed by atoms with E-state index in [0.717, 1.165) is 23.1 Å². The molecule has 0 aliphatic heterocycles. The lowest BCUT2D eigenvalue weighted by molar-refractivity contribution is 0.952. The number of thiazole rings is 1. The highest BCUT2D eigenvalue weighted by atomic mass is 32.1. The number of aryl methyl sites for hydroxylation is 2. The van der Waals surface area contributed by atoms with Crippen LogP contribution in [-0.2, 0) is 12.8 Å². The molecule has 0 atom stereocenters. The molecule has 0 bridgehead atoms. The quantitative estimate of drug-likeness (QED) is 0.782. The van der Waals surface area contributed by atoms with Gasteiger partial charge in [0.2, 0.25) is 0 Å². The predicted molar refractivity (Wildman–Crippen MR) is 75.7 cm³/mol. The molecule has 18 heavy (non-hydrogen) atoms. The maximum Gasteiger partial charge on any atom is 0.181 e. The van der Waals surface area contributed by atoms with Gasteiger partial charge in [-0.05, 0) is 42.2 Å². The van der Waals surface area contributed by atoms with Crippen LogP contribution < -0.4 is 5.73 Å². The Labute approximate surface area is 109 Å². The zero-order valence-corrected chi connectivity index (χ0v) is 10.7. The largest absolute Gasteiger partial charge is 0.375 e. The molecule has 4 heteroatoms. The van der Waals surface area contributed by atoms with Crippen molar-refractivity contribution in [2.24, 2.45) is 0 Å². The van der Waals surface area contributed by atoms with E-state index in [9.17, 15) is 0 Å². The molecule has 0 fully saturated rings. The molecule has 3 rings (SSSR count). The Kier molecular flexibility index (Phi) is 2.94. The standard InChI is InChI=1S/C14H13N3S/c15-14-17-12-6-5-10(8-13(12)18-14)3-4-11-2-1-7-16-9-11/h1-2,5-9H,3-4H2,(H2,15,17). The summed E-state index contributed by atoms with van der Waals surface area (Å²) < 4.78 is 1.16. The molecule has 0 spiro atoms. The zero-order chi connectivity index (χ0) is 12.4. The summed E-state index contributed by atoms with van der Waals surface area (Å²) in [7, 11) is 0. The molecular formula is C14H13N3S. The maximum absolute atomic E-state index is 5.70. The molecule has 0 aliphatic rings. The molecule has 90 valence electrons. The lowest BCUT2D eigenvalue weighted by Crippen LogP contribution is -1.91. The monoisotopic (exact) mass is 255 g/mol. The van der Waals surface area contributed by atoms with Gasteiger partial charge in [-0.25, -0.2) is 4.98 Å². The van der Waals surface area contributed by atoms with Crippen molar-refractivity contribution in [2.75, 3.05) is 5.73 Å². The van der Waals surface area contributed by atoms with Gasteiger partial charge in [0.1, 0.15) is 0 Å². The molecule has 3 aromatic rings. The normalized spacial score (nSPS) is 10.9. The lowest BCUT2D eigenvalue weighted by atomic mass is 10.1. The Morgan fingerprint density at radius 3 is 2.83 bits per heavy atom. The number of anilines is 1. The number of nitrogens with zero attached hydrogens (tertiary/aromatic N) is 2. The van der Waals surface area contributed by atoms with Gasteiger partial charge in [-0.15, -0.1) is 0 Å². The second-order valence-corrected chi connectivity index (χ2v) is 5.28. The molecular weight excluding hydrogens is 242 g/mol. The molecule has 2 aromatic heterocycles. The van der Waals surface area contributed by atoms with Crippen LogP contribution in [0, 0.1) is 0 Å². The summed E-state index contributed by atoms with van der Waals surface area (Å²) >= 11 is 1.54. The highest BCUT2D eigenvalue weighted by Crippen LogP contribution is 2.25. The van der Waals surface area contributed by atoms with E-state index in [2.05, 4.69) is 28.2 Å². The summed E-state index contributed by atoms with van der Waals surface area (Å²) in [6, 6.07) is 10.4. The van der Waals surface area contributed by atoms with Gasteiger partial charge in [0.15, 0.2) is 5.13 Å². The van der Waals surface area contributed by atoms with Crippen molar-refractivity contribution in [3.63, 3.8) is 0 Å². The minimum absolute atomic E-state index is 0.634. The van der Waals surface area contributed by atoms with Crippen LogP contribution >= 0.6 is 11.3 Å². The van der Waals surface area contributed by atoms with Crippen molar-refractivity contribution in [1.82, 2.24) is 9.97 Å². The molecule has 3 nitrogen and oxygen atoms in total. The molecule has 2 N–H and O–H groups in total. The molecule has 0 saturated carbocycles. The number of fused-ring (bicyclic) bond motifs is 1. The topological polar surface area (TPSA) is 51.8 Å². The summed E-state index contributed by atoms with van der Waals surface area (Å²) in [5.74, 6) is 0. The van der Waals surface area contributed by atoms with E-state index in [1.165, 1.54) is 11.1 Å². The Hall–Kier alpha value is -1.94. The fraction of sp³-hybridized carbons (Fsp3) is 0.143. The molecule has 1 aromatic carbocycles. The average molecular weight is 255 g/mol. The third kappa shape index (κ3) is 2.33. The molecule has 0 amide bonds. The minimum Gasteiger partial charge on any atom is -0.375 e. The van der Waals surface area contributed by atoms with E-state index in [-0.39, 0.29) is 0 Å². The van der Waals surface area contributed by atoms with Gasteiger partial charge in [0, 0.05) is 12.4 Å². The van der Waals surface area contributed by atoms with Crippen LogP contribution in [0.25, 0.3) is 10.2 Å². The highest BCUT2D eigenvalue weighted by Gasteiger charge is 2.02. The zero-order valence-electron chi connectivity index (χ0n) is 9.84. The van der Waals surface area contributed by atoms with Gasteiger partial charge in [0.05, 0.1) is 10.2 Å². The van der Waals surface area contributed by atoms with Crippen LogP contribution in [0.1, 0.15) is 11.1 Å². The molecule has 0 radical (unpaired) electrons. The van der Waals surface area contributed by atoms with E-state index >= 15 is 0 Å². The van der Waals surface area contributed by atoms with Gasteiger partial charge in [0.25, 0.3) is 0 Å². The van der Waals surface area contributed by atoms with E-state index in [1.807, 2.05) is 18.3 Å². The second-order valence-electron chi connectivity index (χ2n) is 4.22. The summed E-state index contributed by atoms with van der Waals surface area (Å²) in [5, 5.41) is 0.634. The molecule has 2 heterocycles. The first-order valence-electron chi connectivity index (χ1n) is 5.85. The van der Waals surface area contributed by atoms with E-state index in [4.69, 9.17) is 5.73 Å². The van der Waals surface area contributed by atoms with Crippen molar-refractivity contribution in [3.8, 4) is 0 Å². The van der Waals surface area contributed by atoms with E-state index in [1.54, 1.807) is 17.5 Å². The number of rotatable bonds is 3. The number of aromatic nitrogens is 2. The third-order valence-electron chi connectivity index (χ3n) is 2.89. The summed E-state index contributed by atoms with van der Waals surface area (Å²) in [6.07, 6.45) is 5.74. The summed E-state index contributed by atoms with van der Waals surface area (Å²) in [4.78, 5) is 8.38. The van der Waals surface area contributed by atoms with E-state index in [0.29, 0.717) is 5.13 Å². The van der Waals surface area contributed by atoms with Crippen LogP contribution in [0.4, 0.5) is 5.13 Å². The fourth-order valence-electron chi connectivity index (χ4n) is 1.98. The fourth-order valence-corrected chi connectivity index (χ4v) is 2.77. The van der Waals surface area contributed by atoms with Crippen molar-refractivity contribution in [1.29, 1.82) is 0 Å². The Morgan fingerprint density at radius 2 is 2.00 bits per heavy atom. The van der Waals surface area contributed by atoms with Crippen LogP contribution in [-0.4, -0.2) is 9.97 Å². The third-order valence-corrected chi connectivity index (χ3v) is 3.74. The number of hydrogen-bond acceptors (Lipinski definition) is 4. The Morgan fingerprint density at radius 1 is 1.11 bits per heavy atom. The van der Waals surface area contributed by atoms with Crippen molar-refractivity contribution < 1.29 is 0 Å². The number of nitrogens with two attached hydrogens (primary N) is 1. The Bertz CT molecular complexity index is 661. The number of benzene rings is 1. The predicted octanol–water partition coefficient (Wildman–Crippen LogP) is 3.06. The lowest BCUT2D eigenvalue weighted by Gasteiger charge is -2.01.